The number of phenolic OH excluding ortho intramolecular Hbond substituents is 1. The van der Waals surface area contributed by atoms with E-state index >= 15 is 0 Å². The van der Waals surface area contributed by atoms with Crippen LogP contribution in [0.4, 0.5) is 11.4 Å². The van der Waals surface area contributed by atoms with E-state index in [1.165, 1.54) is 0 Å². The molecule has 1 heterocycles. The van der Waals surface area contributed by atoms with E-state index < -0.39 is 0 Å². The number of rotatable bonds is 1. The van der Waals surface area contributed by atoms with Gasteiger partial charge in [-0.05, 0) is 55.7 Å². The number of nitrogens with zero attached hydrogens (tertiary/aromatic N) is 1. The second kappa shape index (κ2) is 5.13. The number of carbonyl (C=O) groups excluding carboxylic acids is 1. The molecule has 3 N–H and O–H groups in total. The van der Waals surface area contributed by atoms with Gasteiger partial charge in [-0.1, -0.05) is 11.6 Å². The summed E-state index contributed by atoms with van der Waals surface area (Å²) in [6.45, 7) is 2.56. The Kier molecular flexibility index (Phi) is 3.29. The van der Waals surface area contributed by atoms with Gasteiger partial charge < -0.3 is 15.7 Å². The Morgan fingerprint density at radius 3 is 2.86 bits per heavy atom. The molecule has 0 atom stereocenters. The molecule has 1 aliphatic rings. The van der Waals surface area contributed by atoms with Crippen LogP contribution in [0.1, 0.15) is 27.9 Å². The maximum atomic E-state index is 12.8. The Balaban J connectivity index is 2.02. The smallest absolute Gasteiger partial charge is 0.262 e. The Labute approximate surface area is 123 Å². The first-order valence-corrected chi connectivity index (χ1v) is 7.06. The van der Waals surface area contributed by atoms with E-state index in [0.29, 0.717) is 17.8 Å². The van der Waals surface area contributed by atoms with E-state index in [9.17, 15) is 9.90 Å². The van der Waals surface area contributed by atoms with Crippen molar-refractivity contribution in [1.82, 2.24) is 0 Å². The van der Waals surface area contributed by atoms with Crippen molar-refractivity contribution in [2.45, 2.75) is 19.8 Å². The summed E-state index contributed by atoms with van der Waals surface area (Å²) in [5.41, 5.74) is 9.80. The molecule has 1 aliphatic heterocycles. The number of aromatic hydroxyl groups is 1. The Hall–Kier alpha value is -2.49. The number of carbonyl (C=O) groups is 1. The van der Waals surface area contributed by atoms with Crippen molar-refractivity contribution in [2.75, 3.05) is 17.2 Å². The molecule has 4 heteroatoms. The molecule has 0 saturated heterocycles. The molecule has 0 fully saturated rings. The Morgan fingerprint density at radius 2 is 2.05 bits per heavy atom. The third-order valence-corrected chi connectivity index (χ3v) is 3.85. The highest BCUT2D eigenvalue weighted by Crippen LogP contribution is 2.31. The number of amides is 1. The van der Waals surface area contributed by atoms with Gasteiger partial charge in [-0.2, -0.15) is 0 Å². The molecule has 0 aromatic heterocycles. The minimum absolute atomic E-state index is 0.0215. The molecule has 0 spiro atoms. The summed E-state index contributed by atoms with van der Waals surface area (Å²) in [6.07, 6.45) is 1.82. The number of fused-ring (bicyclic) bond motifs is 1. The molecule has 2 aromatic rings. The van der Waals surface area contributed by atoms with E-state index in [0.717, 1.165) is 29.7 Å². The highest BCUT2D eigenvalue weighted by molar-refractivity contribution is 6.08. The van der Waals surface area contributed by atoms with Crippen LogP contribution in [0.3, 0.4) is 0 Å². The predicted octanol–water partition coefficient (Wildman–Crippen LogP) is 2.88. The van der Waals surface area contributed by atoms with E-state index in [1.807, 2.05) is 19.1 Å². The number of hydrogen-bond donors (Lipinski definition) is 2. The van der Waals surface area contributed by atoms with Gasteiger partial charge in [-0.15, -0.1) is 0 Å². The predicted molar refractivity (Wildman–Crippen MR) is 83.7 cm³/mol. The first-order chi connectivity index (χ1) is 10.1. The van der Waals surface area contributed by atoms with E-state index in [1.54, 1.807) is 29.2 Å². The monoisotopic (exact) mass is 282 g/mol. The van der Waals surface area contributed by atoms with Crippen LogP contribution in [0.5, 0.6) is 5.75 Å². The number of benzene rings is 2. The molecule has 2 aromatic carbocycles. The molecule has 0 radical (unpaired) electrons. The van der Waals surface area contributed by atoms with Crippen LogP contribution in [0, 0.1) is 6.92 Å². The van der Waals surface area contributed by atoms with Crippen LogP contribution in [-0.4, -0.2) is 17.6 Å². The third kappa shape index (κ3) is 2.44. The minimum atomic E-state index is -0.165. The van der Waals surface area contributed by atoms with Crippen molar-refractivity contribution < 1.29 is 9.90 Å². The molecule has 1 amide bonds. The lowest BCUT2D eigenvalue weighted by Gasteiger charge is -2.30. The van der Waals surface area contributed by atoms with Crippen LogP contribution < -0.4 is 10.6 Å². The number of nitrogen functional groups attached to an aromatic ring is 1. The van der Waals surface area contributed by atoms with Crippen LogP contribution in [-0.2, 0) is 6.42 Å². The zero-order chi connectivity index (χ0) is 15.0. The van der Waals surface area contributed by atoms with Crippen molar-refractivity contribution in [3.05, 3.63) is 53.1 Å². The van der Waals surface area contributed by atoms with Gasteiger partial charge in [0, 0.05) is 17.9 Å². The highest BCUT2D eigenvalue weighted by Gasteiger charge is 2.25. The molecule has 0 unspecified atom stereocenters. The van der Waals surface area contributed by atoms with Gasteiger partial charge in [0.2, 0.25) is 0 Å². The van der Waals surface area contributed by atoms with Gasteiger partial charge in [-0.3, -0.25) is 4.79 Å². The zero-order valence-corrected chi connectivity index (χ0v) is 12.0. The lowest BCUT2D eigenvalue weighted by Crippen LogP contribution is -2.35. The lowest BCUT2D eigenvalue weighted by molar-refractivity contribution is 0.0982. The normalized spacial score (nSPS) is 13.9. The molecule has 21 heavy (non-hydrogen) atoms. The van der Waals surface area contributed by atoms with Crippen molar-refractivity contribution in [1.29, 1.82) is 0 Å². The second-order valence-corrected chi connectivity index (χ2v) is 5.47. The quantitative estimate of drug-likeness (QED) is 0.790. The summed E-state index contributed by atoms with van der Waals surface area (Å²) in [5.74, 6) is -0.143. The van der Waals surface area contributed by atoms with Crippen LogP contribution in [0.25, 0.3) is 0 Å². The highest BCUT2D eigenvalue weighted by atomic mass is 16.3. The van der Waals surface area contributed by atoms with E-state index in [2.05, 4.69) is 0 Å². The minimum Gasteiger partial charge on any atom is -0.507 e. The first kappa shape index (κ1) is 13.5. The third-order valence-electron chi connectivity index (χ3n) is 3.85. The fourth-order valence-electron chi connectivity index (χ4n) is 2.79. The van der Waals surface area contributed by atoms with Gasteiger partial charge in [0.05, 0.1) is 5.56 Å². The Bertz CT molecular complexity index is 710. The number of nitrogens with two attached hydrogens (primary N) is 1. The summed E-state index contributed by atoms with van der Waals surface area (Å²) < 4.78 is 0. The maximum absolute atomic E-state index is 12.8. The molecule has 0 saturated carbocycles. The molecular weight excluding hydrogens is 264 g/mol. The van der Waals surface area contributed by atoms with Crippen molar-refractivity contribution in [3.63, 3.8) is 0 Å². The summed E-state index contributed by atoms with van der Waals surface area (Å²) >= 11 is 0. The van der Waals surface area contributed by atoms with Gasteiger partial charge >= 0.3 is 0 Å². The molecule has 108 valence electrons. The number of anilines is 2. The molecule has 0 bridgehead atoms. The zero-order valence-electron chi connectivity index (χ0n) is 12.0. The fraction of sp³-hybridized carbons (Fsp3) is 0.235. The van der Waals surface area contributed by atoms with Gasteiger partial charge in [0.15, 0.2) is 0 Å². The molecule has 0 aliphatic carbocycles. The number of hydrogen-bond acceptors (Lipinski definition) is 3. The SMILES string of the molecule is Cc1ccc(O)c(C(=O)N2CCCc3cc(N)ccc32)c1. The van der Waals surface area contributed by atoms with Crippen LogP contribution in [0.15, 0.2) is 36.4 Å². The summed E-state index contributed by atoms with van der Waals surface area (Å²) in [7, 11) is 0. The summed E-state index contributed by atoms with van der Waals surface area (Å²) in [5, 5.41) is 9.96. The standard InChI is InChI=1S/C17H18N2O2/c1-11-4-7-16(20)14(9-11)17(21)19-8-2-3-12-10-13(18)5-6-15(12)19/h4-7,9-10,20H,2-3,8,18H2,1H3. The number of phenols is 1. The van der Waals surface area contributed by atoms with Crippen LogP contribution in [0.2, 0.25) is 0 Å². The number of aryl methyl sites for hydroxylation is 2. The first-order valence-electron chi connectivity index (χ1n) is 7.06. The fourth-order valence-corrected chi connectivity index (χ4v) is 2.79. The average Bonchev–Trinajstić information content (AvgIpc) is 2.48. The second-order valence-electron chi connectivity index (χ2n) is 5.47. The lowest BCUT2D eigenvalue weighted by atomic mass is 9.99. The Morgan fingerprint density at radius 1 is 1.24 bits per heavy atom. The van der Waals surface area contributed by atoms with Crippen LogP contribution >= 0.6 is 0 Å². The topological polar surface area (TPSA) is 66.6 Å². The van der Waals surface area contributed by atoms with Gasteiger partial charge in [0.1, 0.15) is 5.75 Å². The molecule has 4 nitrogen and oxygen atoms in total. The van der Waals surface area contributed by atoms with Crippen molar-refractivity contribution in [3.8, 4) is 5.75 Å². The molecular formula is C17H18N2O2. The maximum Gasteiger partial charge on any atom is 0.262 e. The van der Waals surface area contributed by atoms with Crippen molar-refractivity contribution >= 4 is 17.3 Å². The average molecular weight is 282 g/mol. The molecule has 3 rings (SSSR count). The largest absolute Gasteiger partial charge is 0.507 e. The van der Waals surface area contributed by atoms with E-state index in [4.69, 9.17) is 5.73 Å². The summed E-state index contributed by atoms with van der Waals surface area (Å²) in [6, 6.07) is 10.7. The summed E-state index contributed by atoms with van der Waals surface area (Å²) in [4.78, 5) is 14.5. The van der Waals surface area contributed by atoms with Gasteiger partial charge in [0.25, 0.3) is 5.91 Å². The van der Waals surface area contributed by atoms with Crippen molar-refractivity contribution in [2.24, 2.45) is 0 Å². The van der Waals surface area contributed by atoms with E-state index in [-0.39, 0.29) is 11.7 Å². The van der Waals surface area contributed by atoms with Gasteiger partial charge in [-0.25, -0.2) is 0 Å².